The maximum Gasteiger partial charge on any atom is 0.341 e. The van der Waals surface area contributed by atoms with Crippen LogP contribution in [0.2, 0.25) is 0 Å². The normalized spacial score (nSPS) is 14.2. The van der Waals surface area contributed by atoms with Crippen LogP contribution in [0.25, 0.3) is 32.7 Å². The molecule has 4 rings (SSSR count). The Labute approximate surface area is 332 Å². The highest BCUT2D eigenvalue weighted by Gasteiger charge is 2.35. The fraction of sp³-hybridized carbons (Fsp3) is 0.200. The molecule has 0 aliphatic rings. The Kier molecular flexibility index (Phi) is 16.1. The van der Waals surface area contributed by atoms with E-state index in [2.05, 4.69) is 19.7 Å². The molecule has 2 N–H and O–H groups in total. The second-order valence-corrected chi connectivity index (χ2v) is 14.9. The average molecular weight is 795 g/mol. The minimum atomic E-state index is -1.18. The lowest BCUT2D eigenvalue weighted by atomic mass is 9.89. The van der Waals surface area contributed by atoms with E-state index in [-0.39, 0.29) is 41.8 Å². The smallest absolute Gasteiger partial charge is 0.341 e. The molecule has 0 heterocycles. The van der Waals surface area contributed by atoms with Crippen molar-refractivity contribution in [2.45, 2.75) is 45.4 Å². The van der Waals surface area contributed by atoms with Gasteiger partial charge in [0.1, 0.15) is 35.2 Å². The van der Waals surface area contributed by atoms with Gasteiger partial charge in [0.2, 0.25) is 0 Å². The van der Waals surface area contributed by atoms with Gasteiger partial charge in [-0.2, -0.15) is 0 Å². The highest BCUT2D eigenvalue weighted by molar-refractivity contribution is 7.35. The number of methoxy groups -OCH3 is 1. The molecule has 0 radical (unpaired) electrons. The minimum absolute atomic E-state index is 0.0224. The van der Waals surface area contributed by atoms with Crippen molar-refractivity contribution in [2.24, 2.45) is 5.92 Å². The first kappa shape index (κ1) is 43.1. The molecule has 0 aromatic heterocycles. The van der Waals surface area contributed by atoms with Gasteiger partial charge in [0.25, 0.3) is 15.5 Å². The molecule has 0 saturated carbocycles. The summed E-state index contributed by atoms with van der Waals surface area (Å²) in [7, 11) is 0.186. The molecule has 0 bridgehead atoms. The van der Waals surface area contributed by atoms with Crippen LogP contribution in [-0.4, -0.2) is 34.9 Å². The number of hydrogen-bond acceptors (Lipinski definition) is 9. The molecule has 0 spiro atoms. The third-order valence-corrected chi connectivity index (χ3v) is 10.7. The standard InChI is InChI=1S/C45H48O9P2/c1-8-12-13-24-38(30(5)11-4)52-56-54-42-33(28-51-29-46)25-31-20-14-16-22-35(31)40(42)41-36-23-17-15-21-32(36)26-37(44(49)50-7)43(41)53-55-45(6,39(48)19-10-3)27-34(47)18-9-2/h8-12,14-26,29-30,47-48,55-56H,2-4,13,27-28H2,1,5-7H3/b12-8-,34-18+,38-24-,39-19+. The summed E-state index contributed by atoms with van der Waals surface area (Å²) < 4.78 is 30.3. The van der Waals surface area contributed by atoms with Crippen LogP contribution in [0.5, 0.6) is 11.5 Å². The molecule has 11 heteroatoms. The van der Waals surface area contributed by atoms with Gasteiger partial charge in [0.15, 0.2) is 0 Å². The minimum Gasteiger partial charge on any atom is -0.512 e. The number of allylic oxidation sites excluding steroid dienone is 10. The lowest BCUT2D eigenvalue weighted by Crippen LogP contribution is -2.24. The van der Waals surface area contributed by atoms with Crippen LogP contribution in [0.3, 0.4) is 0 Å². The van der Waals surface area contributed by atoms with Gasteiger partial charge in [-0.1, -0.05) is 99.0 Å². The molecule has 9 nitrogen and oxygen atoms in total. The highest BCUT2D eigenvalue weighted by Crippen LogP contribution is 2.53. The van der Waals surface area contributed by atoms with Crippen LogP contribution < -0.4 is 9.05 Å². The number of aliphatic hydroxyl groups is 2. The zero-order valence-electron chi connectivity index (χ0n) is 32.0. The van der Waals surface area contributed by atoms with Gasteiger partial charge >= 0.3 is 5.97 Å². The number of aliphatic hydroxyl groups excluding tert-OH is 2. The van der Waals surface area contributed by atoms with Gasteiger partial charge in [0, 0.05) is 29.0 Å². The highest BCUT2D eigenvalue weighted by atomic mass is 31.1. The monoisotopic (exact) mass is 794 g/mol. The van der Waals surface area contributed by atoms with Gasteiger partial charge in [-0.05, 0) is 72.2 Å². The molecular formula is C45H48O9P2. The van der Waals surface area contributed by atoms with Crippen molar-refractivity contribution in [1.82, 2.24) is 0 Å². The second-order valence-electron chi connectivity index (χ2n) is 12.8. The molecule has 292 valence electrons. The van der Waals surface area contributed by atoms with E-state index >= 15 is 0 Å². The molecule has 0 aliphatic heterocycles. The molecule has 0 amide bonds. The summed E-state index contributed by atoms with van der Waals surface area (Å²) in [6.07, 6.45) is 14.1. The van der Waals surface area contributed by atoms with Crippen molar-refractivity contribution in [1.29, 1.82) is 0 Å². The summed E-state index contributed by atoms with van der Waals surface area (Å²) in [5, 5.41) is 23.8. The van der Waals surface area contributed by atoms with Crippen LogP contribution in [0, 0.1) is 5.92 Å². The summed E-state index contributed by atoms with van der Waals surface area (Å²) >= 11 is 0. The first-order valence-electron chi connectivity index (χ1n) is 17.8. The van der Waals surface area contributed by atoms with Crippen LogP contribution in [-0.2, 0) is 25.4 Å². The molecule has 4 atom stereocenters. The van der Waals surface area contributed by atoms with Crippen molar-refractivity contribution < 1.29 is 42.8 Å². The van der Waals surface area contributed by atoms with Gasteiger partial charge in [0.05, 0.1) is 26.8 Å². The number of rotatable bonds is 21. The molecule has 0 saturated heterocycles. The lowest BCUT2D eigenvalue weighted by molar-refractivity contribution is -0.129. The van der Waals surface area contributed by atoms with E-state index < -0.39 is 29.0 Å². The van der Waals surface area contributed by atoms with Crippen molar-refractivity contribution in [3.63, 3.8) is 0 Å². The second kappa shape index (κ2) is 20.9. The number of carbonyl (C=O) groups excluding carboxylic acids is 2. The van der Waals surface area contributed by atoms with E-state index in [4.69, 9.17) is 23.0 Å². The van der Waals surface area contributed by atoms with Crippen molar-refractivity contribution in [3.05, 3.63) is 157 Å². The van der Waals surface area contributed by atoms with E-state index in [9.17, 15) is 19.8 Å². The average Bonchev–Trinajstić information content (AvgIpc) is 3.20. The van der Waals surface area contributed by atoms with Crippen molar-refractivity contribution >= 4 is 51.8 Å². The Morgan fingerprint density at radius 3 is 2.18 bits per heavy atom. The molecule has 4 aromatic rings. The van der Waals surface area contributed by atoms with Gasteiger partial charge < -0.3 is 33.3 Å². The Balaban J connectivity index is 2.09. The first-order chi connectivity index (χ1) is 27.1. The Morgan fingerprint density at radius 1 is 0.929 bits per heavy atom. The van der Waals surface area contributed by atoms with Crippen LogP contribution in [0.15, 0.2) is 146 Å². The fourth-order valence-electron chi connectivity index (χ4n) is 5.99. The lowest BCUT2D eigenvalue weighted by Gasteiger charge is -2.30. The predicted molar refractivity (Wildman–Crippen MR) is 230 cm³/mol. The quantitative estimate of drug-likeness (QED) is 0.0212. The van der Waals surface area contributed by atoms with Crippen LogP contribution in [0.1, 0.15) is 49.5 Å². The number of carbonyl (C=O) groups is 2. The zero-order chi connectivity index (χ0) is 40.7. The van der Waals surface area contributed by atoms with Gasteiger partial charge in [-0.25, -0.2) is 4.79 Å². The first-order valence-corrected chi connectivity index (χ1v) is 19.5. The number of benzene rings is 4. The summed E-state index contributed by atoms with van der Waals surface area (Å²) in [4.78, 5) is 25.3. The third kappa shape index (κ3) is 10.4. The maximum absolute atomic E-state index is 13.7. The summed E-state index contributed by atoms with van der Waals surface area (Å²) in [6, 6.07) is 18.8. The van der Waals surface area contributed by atoms with Crippen molar-refractivity contribution in [2.75, 3.05) is 7.11 Å². The van der Waals surface area contributed by atoms with Crippen LogP contribution in [0.4, 0.5) is 0 Å². The van der Waals surface area contributed by atoms with Gasteiger partial charge in [-0.15, -0.1) is 6.58 Å². The third-order valence-electron chi connectivity index (χ3n) is 8.90. The summed E-state index contributed by atoms with van der Waals surface area (Å²) in [5.74, 6) is 0.271. The summed E-state index contributed by atoms with van der Waals surface area (Å²) in [6.45, 7) is 17.2. The van der Waals surface area contributed by atoms with E-state index in [0.29, 0.717) is 51.9 Å². The van der Waals surface area contributed by atoms with Crippen LogP contribution >= 0.6 is 17.8 Å². The number of hydrogen-bond donors (Lipinski definition) is 2. The zero-order valence-corrected chi connectivity index (χ0v) is 34.0. The molecule has 4 unspecified atom stereocenters. The Hall–Kier alpha value is -5.62. The summed E-state index contributed by atoms with van der Waals surface area (Å²) in [5.41, 5.74) is 1.69. The largest absolute Gasteiger partial charge is 0.512 e. The number of esters is 1. The molecule has 0 aliphatic carbocycles. The SMILES string of the molecule is C=C/C=C(/O)CC(C)(POc1c(C(=O)OC)cc2ccccc2c1-c1c(OPO/C(=C\C/C=C\C)C(C)C=C)c(COC=O)cc2ccccc12)/C(O)=C\C=C. The van der Waals surface area contributed by atoms with E-state index in [1.807, 2.05) is 86.7 Å². The molecule has 4 aromatic carbocycles. The molecule has 56 heavy (non-hydrogen) atoms. The Morgan fingerprint density at radius 2 is 1.57 bits per heavy atom. The Bertz CT molecular complexity index is 2200. The topological polar surface area (TPSA) is 121 Å². The predicted octanol–water partition coefficient (Wildman–Crippen LogP) is 12.1. The van der Waals surface area contributed by atoms with Gasteiger partial charge in [-0.3, -0.25) is 4.79 Å². The molecular weight excluding hydrogens is 746 g/mol. The van der Waals surface area contributed by atoms with E-state index in [1.54, 1.807) is 19.1 Å². The van der Waals surface area contributed by atoms with Crippen molar-refractivity contribution in [3.8, 4) is 22.6 Å². The van der Waals surface area contributed by atoms with E-state index in [1.165, 1.54) is 31.4 Å². The fourth-order valence-corrected chi connectivity index (χ4v) is 7.69. The molecule has 0 fully saturated rings. The number of fused-ring (bicyclic) bond motifs is 2. The van der Waals surface area contributed by atoms with E-state index in [0.717, 1.165) is 10.8 Å². The maximum atomic E-state index is 13.7. The number of ether oxygens (including phenoxy) is 2.